The van der Waals surface area contributed by atoms with Crippen LogP contribution in [0.25, 0.3) is 0 Å². The number of pyridine rings is 1. The van der Waals surface area contributed by atoms with Gasteiger partial charge < -0.3 is 4.90 Å². The molecule has 1 saturated carbocycles. The molecule has 2 atom stereocenters. The zero-order chi connectivity index (χ0) is 11.7. The van der Waals surface area contributed by atoms with Crippen LogP contribution in [0.2, 0.25) is 0 Å². The molecule has 1 saturated heterocycles. The van der Waals surface area contributed by atoms with E-state index in [9.17, 15) is 4.79 Å². The molecule has 2 heterocycles. The van der Waals surface area contributed by atoms with Crippen molar-refractivity contribution in [1.82, 2.24) is 4.98 Å². The number of aromatic nitrogens is 1. The summed E-state index contributed by atoms with van der Waals surface area (Å²) in [6.07, 6.45) is 9.27. The number of nitrogens with zero attached hydrogens (tertiary/aromatic N) is 2. The second-order valence-electron chi connectivity index (χ2n) is 5.16. The van der Waals surface area contributed by atoms with Gasteiger partial charge in [-0.25, -0.2) is 4.98 Å². The summed E-state index contributed by atoms with van der Waals surface area (Å²) in [5.41, 5.74) is 0.660. The highest BCUT2D eigenvalue weighted by Gasteiger charge is 2.36. The SMILES string of the molecule is O=Cc1ccc(N2CCC3CCCCC32)nc1. The van der Waals surface area contributed by atoms with Crippen molar-refractivity contribution < 1.29 is 4.79 Å². The van der Waals surface area contributed by atoms with Crippen molar-refractivity contribution in [2.75, 3.05) is 11.4 Å². The Balaban J connectivity index is 1.81. The highest BCUT2D eigenvalue weighted by Crippen LogP contribution is 2.37. The Bertz CT molecular complexity index is 401. The van der Waals surface area contributed by atoms with E-state index >= 15 is 0 Å². The van der Waals surface area contributed by atoms with E-state index in [1.165, 1.54) is 32.1 Å². The van der Waals surface area contributed by atoms with Gasteiger partial charge in [0.1, 0.15) is 5.82 Å². The summed E-state index contributed by atoms with van der Waals surface area (Å²) in [4.78, 5) is 17.5. The van der Waals surface area contributed by atoms with Crippen molar-refractivity contribution >= 4 is 12.1 Å². The molecule has 0 aromatic carbocycles. The largest absolute Gasteiger partial charge is 0.353 e. The Hall–Kier alpha value is -1.38. The molecule has 0 bridgehead atoms. The van der Waals surface area contributed by atoms with E-state index < -0.39 is 0 Å². The molecule has 3 nitrogen and oxygen atoms in total. The summed E-state index contributed by atoms with van der Waals surface area (Å²) in [6, 6.07) is 4.55. The Kier molecular flexibility index (Phi) is 2.83. The van der Waals surface area contributed by atoms with Gasteiger partial charge in [0.2, 0.25) is 0 Å². The van der Waals surface area contributed by atoms with E-state index in [0.29, 0.717) is 11.6 Å². The molecule has 1 aliphatic heterocycles. The highest BCUT2D eigenvalue weighted by atomic mass is 16.1. The fraction of sp³-hybridized carbons (Fsp3) is 0.571. The standard InChI is InChI=1S/C14H18N2O/c17-10-11-5-6-14(15-9-11)16-8-7-12-3-1-2-4-13(12)16/h5-6,9-10,12-13H,1-4,7-8H2. The fourth-order valence-corrected chi connectivity index (χ4v) is 3.33. The average Bonchev–Trinajstić information content (AvgIpc) is 2.83. The monoisotopic (exact) mass is 230 g/mol. The van der Waals surface area contributed by atoms with Gasteiger partial charge in [-0.05, 0) is 37.3 Å². The molecule has 0 N–H and O–H groups in total. The van der Waals surface area contributed by atoms with Crippen LogP contribution in [0.15, 0.2) is 18.3 Å². The maximum atomic E-state index is 10.6. The van der Waals surface area contributed by atoms with Gasteiger partial charge in [-0.1, -0.05) is 12.8 Å². The zero-order valence-corrected chi connectivity index (χ0v) is 10.0. The molecule has 2 unspecified atom stereocenters. The smallest absolute Gasteiger partial charge is 0.151 e. The molecule has 17 heavy (non-hydrogen) atoms. The van der Waals surface area contributed by atoms with Crippen LogP contribution in [0.1, 0.15) is 42.5 Å². The predicted octanol–water partition coefficient (Wildman–Crippen LogP) is 2.66. The van der Waals surface area contributed by atoms with Crippen LogP contribution in [0.5, 0.6) is 0 Å². The van der Waals surface area contributed by atoms with Gasteiger partial charge in [0.25, 0.3) is 0 Å². The molecule has 0 radical (unpaired) electrons. The lowest BCUT2D eigenvalue weighted by atomic mass is 9.85. The molecule has 2 aliphatic rings. The van der Waals surface area contributed by atoms with Crippen LogP contribution >= 0.6 is 0 Å². The van der Waals surface area contributed by atoms with E-state index in [1.54, 1.807) is 6.20 Å². The summed E-state index contributed by atoms with van der Waals surface area (Å²) in [7, 11) is 0. The number of carbonyl (C=O) groups is 1. The second-order valence-corrected chi connectivity index (χ2v) is 5.16. The second kappa shape index (κ2) is 4.47. The van der Waals surface area contributed by atoms with Crippen LogP contribution in [0, 0.1) is 5.92 Å². The number of aldehydes is 1. The topological polar surface area (TPSA) is 33.2 Å². The van der Waals surface area contributed by atoms with Gasteiger partial charge in [-0.2, -0.15) is 0 Å². The van der Waals surface area contributed by atoms with Crippen LogP contribution in [0.4, 0.5) is 5.82 Å². The first-order chi connectivity index (χ1) is 8.38. The summed E-state index contributed by atoms with van der Waals surface area (Å²) < 4.78 is 0. The van der Waals surface area contributed by atoms with Crippen molar-refractivity contribution in [2.45, 2.75) is 38.1 Å². The van der Waals surface area contributed by atoms with Gasteiger partial charge in [0.05, 0.1) is 0 Å². The number of fused-ring (bicyclic) bond motifs is 1. The normalized spacial score (nSPS) is 27.9. The van der Waals surface area contributed by atoms with E-state index in [-0.39, 0.29) is 0 Å². The number of rotatable bonds is 2. The lowest BCUT2D eigenvalue weighted by Gasteiger charge is -2.32. The quantitative estimate of drug-likeness (QED) is 0.732. The molecule has 1 aromatic heterocycles. The van der Waals surface area contributed by atoms with E-state index in [1.807, 2.05) is 12.1 Å². The number of hydrogen-bond acceptors (Lipinski definition) is 3. The van der Waals surface area contributed by atoms with Crippen LogP contribution < -0.4 is 4.90 Å². The molecule has 3 rings (SSSR count). The van der Waals surface area contributed by atoms with Gasteiger partial charge in [0, 0.05) is 24.3 Å². The number of hydrogen-bond donors (Lipinski definition) is 0. The van der Waals surface area contributed by atoms with Crippen molar-refractivity contribution in [1.29, 1.82) is 0 Å². The number of anilines is 1. The van der Waals surface area contributed by atoms with Gasteiger partial charge in [-0.3, -0.25) is 4.79 Å². The molecule has 3 heteroatoms. The van der Waals surface area contributed by atoms with Crippen LogP contribution in [0.3, 0.4) is 0 Å². The minimum atomic E-state index is 0.660. The Labute approximate surface area is 102 Å². The van der Waals surface area contributed by atoms with E-state index in [4.69, 9.17) is 0 Å². The molecule has 0 spiro atoms. The number of carbonyl (C=O) groups excluding carboxylic acids is 1. The molecule has 2 fully saturated rings. The van der Waals surface area contributed by atoms with E-state index in [0.717, 1.165) is 24.6 Å². The maximum Gasteiger partial charge on any atom is 0.151 e. The molecular formula is C14H18N2O. The van der Waals surface area contributed by atoms with Gasteiger partial charge in [0.15, 0.2) is 6.29 Å². The maximum absolute atomic E-state index is 10.6. The third-order valence-corrected chi connectivity index (χ3v) is 4.21. The minimum Gasteiger partial charge on any atom is -0.353 e. The Morgan fingerprint density at radius 1 is 1.24 bits per heavy atom. The average molecular weight is 230 g/mol. The Morgan fingerprint density at radius 2 is 2.12 bits per heavy atom. The predicted molar refractivity (Wildman–Crippen MR) is 67.3 cm³/mol. The fourth-order valence-electron chi connectivity index (χ4n) is 3.33. The lowest BCUT2D eigenvalue weighted by Crippen LogP contribution is -2.35. The van der Waals surface area contributed by atoms with Crippen molar-refractivity contribution in [3.05, 3.63) is 23.9 Å². The third kappa shape index (κ3) is 1.94. The first kappa shape index (κ1) is 10.8. The van der Waals surface area contributed by atoms with Gasteiger partial charge >= 0.3 is 0 Å². The zero-order valence-electron chi connectivity index (χ0n) is 10.0. The molecular weight excluding hydrogens is 212 g/mol. The van der Waals surface area contributed by atoms with Gasteiger partial charge in [-0.15, -0.1) is 0 Å². The summed E-state index contributed by atoms with van der Waals surface area (Å²) in [5, 5.41) is 0. The van der Waals surface area contributed by atoms with Crippen LogP contribution in [-0.2, 0) is 0 Å². The van der Waals surface area contributed by atoms with Crippen LogP contribution in [-0.4, -0.2) is 23.9 Å². The first-order valence-electron chi connectivity index (χ1n) is 6.56. The summed E-state index contributed by atoms with van der Waals surface area (Å²) in [5.74, 6) is 1.92. The van der Waals surface area contributed by atoms with Crippen molar-refractivity contribution in [3.63, 3.8) is 0 Å². The molecule has 1 aliphatic carbocycles. The summed E-state index contributed by atoms with van der Waals surface area (Å²) >= 11 is 0. The highest BCUT2D eigenvalue weighted by molar-refractivity contribution is 5.74. The lowest BCUT2D eigenvalue weighted by molar-refractivity contribution is 0.112. The first-order valence-corrected chi connectivity index (χ1v) is 6.56. The molecule has 90 valence electrons. The van der Waals surface area contributed by atoms with E-state index in [2.05, 4.69) is 9.88 Å². The third-order valence-electron chi connectivity index (χ3n) is 4.21. The summed E-state index contributed by atoms with van der Waals surface area (Å²) in [6.45, 7) is 1.13. The minimum absolute atomic E-state index is 0.660. The van der Waals surface area contributed by atoms with Crippen molar-refractivity contribution in [3.8, 4) is 0 Å². The molecule has 1 aromatic rings. The van der Waals surface area contributed by atoms with Crippen molar-refractivity contribution in [2.24, 2.45) is 5.92 Å². The Morgan fingerprint density at radius 3 is 2.88 bits per heavy atom. The molecule has 0 amide bonds.